The molecule has 0 aliphatic carbocycles. The number of anilines is 1. The number of hydrogen-bond acceptors (Lipinski definition) is 4. The molecule has 0 spiro atoms. The highest BCUT2D eigenvalue weighted by Crippen LogP contribution is 2.22. The molecule has 0 saturated heterocycles. The van der Waals surface area contributed by atoms with Gasteiger partial charge in [0.05, 0.1) is 5.75 Å². The van der Waals surface area contributed by atoms with Gasteiger partial charge >= 0.3 is 0 Å². The van der Waals surface area contributed by atoms with Crippen molar-refractivity contribution in [2.75, 3.05) is 11.1 Å². The third-order valence-corrected chi connectivity index (χ3v) is 4.74. The van der Waals surface area contributed by atoms with Crippen molar-refractivity contribution in [1.29, 1.82) is 0 Å². The quantitative estimate of drug-likeness (QED) is 0.684. The molecule has 2 aromatic carbocycles. The zero-order valence-corrected chi connectivity index (χ0v) is 15.1. The van der Waals surface area contributed by atoms with Gasteiger partial charge in [0.25, 0.3) is 0 Å². The van der Waals surface area contributed by atoms with Crippen LogP contribution >= 0.6 is 11.8 Å². The van der Waals surface area contributed by atoms with Crippen LogP contribution in [0.15, 0.2) is 59.8 Å². The second-order valence-electron chi connectivity index (χ2n) is 5.55. The first kappa shape index (κ1) is 17.2. The molecule has 3 aromatic rings. The molecule has 25 heavy (non-hydrogen) atoms. The molecule has 0 atom stereocenters. The minimum atomic E-state index is -0.0498. The number of nitrogens with zero attached hydrogens (tertiary/aromatic N) is 3. The Balaban J connectivity index is 1.69. The maximum Gasteiger partial charge on any atom is 0.234 e. The van der Waals surface area contributed by atoms with Gasteiger partial charge in [0, 0.05) is 11.4 Å². The highest BCUT2D eigenvalue weighted by Gasteiger charge is 2.13. The fourth-order valence-electron chi connectivity index (χ4n) is 2.58. The van der Waals surface area contributed by atoms with E-state index in [1.54, 1.807) is 0 Å². The largest absolute Gasteiger partial charge is 0.325 e. The second kappa shape index (κ2) is 7.98. The zero-order valence-electron chi connectivity index (χ0n) is 14.3. The number of benzene rings is 2. The lowest BCUT2D eigenvalue weighted by atomic mass is 10.1. The Bertz CT molecular complexity index is 861. The summed E-state index contributed by atoms with van der Waals surface area (Å²) in [6.07, 6.45) is 0.880. The van der Waals surface area contributed by atoms with Crippen LogP contribution in [0.1, 0.15) is 18.3 Å². The van der Waals surface area contributed by atoms with Crippen molar-refractivity contribution in [3.63, 3.8) is 0 Å². The third-order valence-electron chi connectivity index (χ3n) is 3.81. The van der Waals surface area contributed by atoms with Crippen molar-refractivity contribution >= 4 is 23.4 Å². The summed E-state index contributed by atoms with van der Waals surface area (Å²) in [6.45, 7) is 3.98. The van der Waals surface area contributed by atoms with Gasteiger partial charge in [-0.25, -0.2) is 0 Å². The molecule has 6 heteroatoms. The molecule has 0 aliphatic heterocycles. The van der Waals surface area contributed by atoms with Crippen molar-refractivity contribution in [3.05, 3.63) is 66.0 Å². The van der Waals surface area contributed by atoms with Crippen LogP contribution in [0.25, 0.3) is 5.69 Å². The van der Waals surface area contributed by atoms with Gasteiger partial charge in [-0.3, -0.25) is 9.36 Å². The highest BCUT2D eigenvalue weighted by molar-refractivity contribution is 7.99. The zero-order chi connectivity index (χ0) is 17.6. The Kier molecular flexibility index (Phi) is 5.50. The summed E-state index contributed by atoms with van der Waals surface area (Å²) < 4.78 is 1.96. The van der Waals surface area contributed by atoms with Crippen LogP contribution < -0.4 is 5.32 Å². The predicted octanol–water partition coefficient (Wildman–Crippen LogP) is 3.87. The topological polar surface area (TPSA) is 59.8 Å². The molecule has 0 unspecified atom stereocenters. The van der Waals surface area contributed by atoms with E-state index in [4.69, 9.17) is 0 Å². The van der Waals surface area contributed by atoms with E-state index in [-0.39, 0.29) is 11.7 Å². The summed E-state index contributed by atoms with van der Waals surface area (Å²) in [5.74, 6) is 1.03. The summed E-state index contributed by atoms with van der Waals surface area (Å²) in [4.78, 5) is 12.3. The molecule has 0 aliphatic rings. The number of rotatable bonds is 6. The van der Waals surface area contributed by atoms with Gasteiger partial charge in [-0.15, -0.1) is 10.2 Å². The number of hydrogen-bond donors (Lipinski definition) is 1. The van der Waals surface area contributed by atoms with Gasteiger partial charge in [0.1, 0.15) is 5.82 Å². The second-order valence-corrected chi connectivity index (χ2v) is 6.49. The molecule has 1 N–H and O–H groups in total. The van der Waals surface area contributed by atoms with Crippen molar-refractivity contribution in [2.24, 2.45) is 0 Å². The molecule has 1 heterocycles. The summed E-state index contributed by atoms with van der Waals surface area (Å²) in [5.41, 5.74) is 2.99. The Hall–Kier alpha value is -2.60. The van der Waals surface area contributed by atoms with E-state index in [0.29, 0.717) is 5.16 Å². The monoisotopic (exact) mass is 352 g/mol. The van der Waals surface area contributed by atoms with E-state index in [1.165, 1.54) is 11.8 Å². The molecule has 1 aromatic heterocycles. The van der Waals surface area contributed by atoms with Crippen LogP contribution in [0.2, 0.25) is 0 Å². The van der Waals surface area contributed by atoms with Gasteiger partial charge in [-0.1, -0.05) is 55.1 Å². The number of amides is 1. The highest BCUT2D eigenvalue weighted by atomic mass is 32.2. The lowest BCUT2D eigenvalue weighted by molar-refractivity contribution is -0.113. The van der Waals surface area contributed by atoms with Crippen molar-refractivity contribution in [3.8, 4) is 5.69 Å². The third kappa shape index (κ3) is 4.09. The lowest BCUT2D eigenvalue weighted by Crippen LogP contribution is -2.15. The first-order valence-electron chi connectivity index (χ1n) is 8.17. The maximum absolute atomic E-state index is 12.3. The molecule has 0 bridgehead atoms. The van der Waals surface area contributed by atoms with Crippen LogP contribution in [0.3, 0.4) is 0 Å². The number of carbonyl (C=O) groups excluding carboxylic acids is 1. The first-order valence-corrected chi connectivity index (χ1v) is 9.15. The van der Waals surface area contributed by atoms with Crippen molar-refractivity contribution in [1.82, 2.24) is 14.8 Å². The smallest absolute Gasteiger partial charge is 0.234 e. The summed E-state index contributed by atoms with van der Waals surface area (Å²) in [5, 5.41) is 12.0. The Labute approximate surface area is 151 Å². The molecule has 128 valence electrons. The lowest BCUT2D eigenvalue weighted by Gasteiger charge is -2.10. The molecule has 1 amide bonds. The van der Waals surface area contributed by atoms with Crippen LogP contribution in [0.4, 0.5) is 5.69 Å². The van der Waals surface area contributed by atoms with Gasteiger partial charge < -0.3 is 5.32 Å². The van der Waals surface area contributed by atoms with E-state index in [2.05, 4.69) is 22.4 Å². The van der Waals surface area contributed by atoms with Gasteiger partial charge in [-0.2, -0.15) is 0 Å². The van der Waals surface area contributed by atoms with E-state index >= 15 is 0 Å². The number of nitrogens with one attached hydrogen (secondary N) is 1. The predicted molar refractivity (Wildman–Crippen MR) is 101 cm³/mol. The number of thioether (sulfide) groups is 1. The Morgan fingerprint density at radius 2 is 1.80 bits per heavy atom. The van der Waals surface area contributed by atoms with Gasteiger partial charge in [-0.05, 0) is 37.1 Å². The van der Waals surface area contributed by atoms with E-state index in [1.807, 2.05) is 66.1 Å². The number of aryl methyl sites for hydroxylation is 2. The Morgan fingerprint density at radius 3 is 2.56 bits per heavy atom. The van der Waals surface area contributed by atoms with Crippen molar-refractivity contribution < 1.29 is 4.79 Å². The summed E-state index contributed by atoms with van der Waals surface area (Å²) in [6, 6.07) is 17.8. The fourth-order valence-corrected chi connectivity index (χ4v) is 3.38. The standard InChI is InChI=1S/C19H20N4OS/c1-3-15-9-7-8-12-17(15)20-18(24)13-25-19-22-21-14(2)23(19)16-10-5-4-6-11-16/h4-12H,3,13H2,1-2H3,(H,20,24). The minimum Gasteiger partial charge on any atom is -0.325 e. The average molecular weight is 352 g/mol. The normalized spacial score (nSPS) is 10.6. The van der Waals surface area contributed by atoms with E-state index in [9.17, 15) is 4.79 Å². The molecule has 0 saturated carbocycles. The number of carbonyl (C=O) groups is 1. The van der Waals surface area contributed by atoms with Gasteiger partial charge in [0.15, 0.2) is 5.16 Å². The molecule has 5 nitrogen and oxygen atoms in total. The molecular weight excluding hydrogens is 332 g/mol. The SMILES string of the molecule is CCc1ccccc1NC(=O)CSc1nnc(C)n1-c1ccccc1. The summed E-state index contributed by atoms with van der Waals surface area (Å²) >= 11 is 1.38. The first-order chi connectivity index (χ1) is 12.2. The minimum absolute atomic E-state index is 0.0498. The van der Waals surface area contributed by atoms with Gasteiger partial charge in [0.2, 0.25) is 5.91 Å². The van der Waals surface area contributed by atoms with Crippen LogP contribution in [0, 0.1) is 6.92 Å². The van der Waals surface area contributed by atoms with E-state index < -0.39 is 0 Å². The average Bonchev–Trinajstić information content (AvgIpc) is 3.02. The maximum atomic E-state index is 12.3. The summed E-state index contributed by atoms with van der Waals surface area (Å²) in [7, 11) is 0. The Morgan fingerprint density at radius 1 is 1.08 bits per heavy atom. The molecule has 3 rings (SSSR count). The molecule has 0 radical (unpaired) electrons. The van der Waals surface area contributed by atoms with Crippen LogP contribution in [0.5, 0.6) is 0 Å². The van der Waals surface area contributed by atoms with Crippen LogP contribution in [-0.2, 0) is 11.2 Å². The fraction of sp³-hybridized carbons (Fsp3) is 0.211. The molecule has 0 fully saturated rings. The van der Waals surface area contributed by atoms with Crippen LogP contribution in [-0.4, -0.2) is 26.4 Å². The van der Waals surface area contributed by atoms with E-state index in [0.717, 1.165) is 29.2 Å². The van der Waals surface area contributed by atoms with Crippen molar-refractivity contribution in [2.45, 2.75) is 25.4 Å². The number of aromatic nitrogens is 3. The molecular formula is C19H20N4OS. The number of para-hydroxylation sites is 2.